The number of carbonyl (C=O) groups excluding carboxylic acids is 2. The number of fused-ring (bicyclic) bond motifs is 1. The molecule has 1 fully saturated rings. The van der Waals surface area contributed by atoms with Gasteiger partial charge in [-0.05, 0) is 13.0 Å². The molecule has 2 amide bonds. The summed E-state index contributed by atoms with van der Waals surface area (Å²) in [5.74, 6) is -1.20. The quantitative estimate of drug-likeness (QED) is 0.556. The molecule has 176 valence electrons. The van der Waals surface area contributed by atoms with Gasteiger partial charge in [-0.1, -0.05) is 0 Å². The Morgan fingerprint density at radius 3 is 2.52 bits per heavy atom. The summed E-state index contributed by atoms with van der Waals surface area (Å²) >= 11 is 0. The Bertz CT molecular complexity index is 1190. The second-order valence-corrected chi connectivity index (χ2v) is 7.09. The molecule has 0 aliphatic carbocycles. The Hall–Kier alpha value is -3.55. The fraction of sp³-hybridized carbons (Fsp3) is 0.421. The van der Waals surface area contributed by atoms with Crippen LogP contribution in [0.25, 0.3) is 5.65 Å². The number of aryl methyl sites for hydroxylation is 1. The number of carbonyl (C=O) groups is 2. The van der Waals surface area contributed by atoms with E-state index in [9.17, 15) is 27.2 Å². The van der Waals surface area contributed by atoms with Crippen molar-refractivity contribution < 1.29 is 31.9 Å². The Balaban J connectivity index is 1.65. The zero-order chi connectivity index (χ0) is 23.7. The maximum Gasteiger partial charge on any atom is 0.280 e. The Morgan fingerprint density at radius 1 is 1.15 bits per heavy atom. The minimum absolute atomic E-state index is 0.103. The first-order valence-corrected chi connectivity index (χ1v) is 10.0. The lowest BCUT2D eigenvalue weighted by atomic mass is 10.2. The van der Waals surface area contributed by atoms with Crippen LogP contribution in [0.3, 0.4) is 0 Å². The first-order valence-electron chi connectivity index (χ1n) is 10.0. The molecule has 0 radical (unpaired) electrons. The fourth-order valence-electron chi connectivity index (χ4n) is 3.44. The molecular weight excluding hydrogens is 450 g/mol. The summed E-state index contributed by atoms with van der Waals surface area (Å²) < 4.78 is 60.1. The summed E-state index contributed by atoms with van der Waals surface area (Å²) in [5, 5.41) is 10.4. The molecule has 0 bridgehead atoms. The Morgan fingerprint density at radius 2 is 1.88 bits per heavy atom. The van der Waals surface area contributed by atoms with E-state index < -0.39 is 30.1 Å². The zero-order valence-corrected chi connectivity index (χ0v) is 17.3. The van der Waals surface area contributed by atoms with Gasteiger partial charge in [0, 0.05) is 25.7 Å². The number of hydrogen-bond donors (Lipinski definition) is 1. The number of rotatable bonds is 6. The van der Waals surface area contributed by atoms with Gasteiger partial charge in [0.25, 0.3) is 24.7 Å². The van der Waals surface area contributed by atoms with Gasteiger partial charge in [0.15, 0.2) is 11.3 Å². The van der Waals surface area contributed by atoms with Crippen molar-refractivity contribution in [2.24, 2.45) is 0 Å². The van der Waals surface area contributed by atoms with E-state index in [2.05, 4.69) is 20.5 Å². The van der Waals surface area contributed by atoms with Crippen LogP contribution in [-0.2, 0) is 11.3 Å². The van der Waals surface area contributed by atoms with Gasteiger partial charge in [-0.15, -0.1) is 0 Å². The molecule has 1 N–H and O–H groups in total. The molecule has 0 atom stereocenters. The highest BCUT2D eigenvalue weighted by Crippen LogP contribution is 2.26. The highest BCUT2D eigenvalue weighted by molar-refractivity contribution is 6.07. The number of aromatic nitrogens is 5. The third kappa shape index (κ3) is 4.37. The number of anilines is 1. The third-order valence-electron chi connectivity index (χ3n) is 5.04. The second-order valence-electron chi connectivity index (χ2n) is 7.09. The van der Waals surface area contributed by atoms with Crippen molar-refractivity contribution >= 4 is 23.1 Å². The minimum atomic E-state index is -3.12. The number of ether oxygens (including phenoxy) is 1. The van der Waals surface area contributed by atoms with Crippen LogP contribution in [0.1, 0.15) is 52.1 Å². The van der Waals surface area contributed by atoms with Crippen molar-refractivity contribution in [1.29, 1.82) is 0 Å². The van der Waals surface area contributed by atoms with E-state index in [0.717, 1.165) is 6.07 Å². The number of morpholine rings is 1. The molecule has 4 heterocycles. The number of halogens is 4. The van der Waals surface area contributed by atoms with Gasteiger partial charge in [0.1, 0.15) is 17.1 Å². The summed E-state index contributed by atoms with van der Waals surface area (Å²) in [7, 11) is 0. The van der Waals surface area contributed by atoms with E-state index in [-0.39, 0.29) is 28.6 Å². The number of alkyl halides is 4. The number of nitrogens with zero attached hydrogens (tertiary/aromatic N) is 6. The van der Waals surface area contributed by atoms with Crippen molar-refractivity contribution in [1.82, 2.24) is 29.3 Å². The molecule has 10 nitrogen and oxygen atoms in total. The molecule has 0 unspecified atom stereocenters. The molecular formula is C19H19F4N7O3. The first-order chi connectivity index (χ1) is 15.8. The number of nitrogens with one attached hydrogen (secondary N) is 1. The topological polar surface area (TPSA) is 107 Å². The van der Waals surface area contributed by atoms with Crippen molar-refractivity contribution in [3.8, 4) is 0 Å². The molecule has 33 heavy (non-hydrogen) atoms. The van der Waals surface area contributed by atoms with E-state index in [0.29, 0.717) is 43.4 Å². The monoisotopic (exact) mass is 469 g/mol. The smallest absolute Gasteiger partial charge is 0.280 e. The van der Waals surface area contributed by atoms with Crippen LogP contribution in [0.4, 0.5) is 23.2 Å². The average molecular weight is 469 g/mol. The predicted octanol–water partition coefficient (Wildman–Crippen LogP) is 2.55. The third-order valence-corrected chi connectivity index (χ3v) is 5.04. The lowest BCUT2D eigenvalue weighted by Crippen LogP contribution is -2.41. The van der Waals surface area contributed by atoms with E-state index in [1.54, 1.807) is 11.8 Å². The van der Waals surface area contributed by atoms with Crippen molar-refractivity contribution in [2.75, 3.05) is 31.6 Å². The summed E-state index contributed by atoms with van der Waals surface area (Å²) in [6.07, 6.45) is -4.90. The standard InChI is InChI=1S/C19H19F4N7O3/c1-2-29-15(19(32)28-3-5-33-6-4-28)12(9-24-29)26-18(31)11-8-14-25-10(16(20)21)7-13(17(22)23)30(14)27-11/h7-9,16-17H,2-6H2,1H3,(H,26,31). The molecule has 0 saturated carbocycles. The van der Waals surface area contributed by atoms with Crippen LogP contribution in [0.15, 0.2) is 18.3 Å². The van der Waals surface area contributed by atoms with E-state index in [4.69, 9.17) is 4.74 Å². The van der Waals surface area contributed by atoms with Crippen LogP contribution < -0.4 is 5.32 Å². The van der Waals surface area contributed by atoms with E-state index >= 15 is 0 Å². The first kappa shape index (κ1) is 22.6. The van der Waals surface area contributed by atoms with Gasteiger partial charge in [0.05, 0.1) is 25.1 Å². The summed E-state index contributed by atoms with van der Waals surface area (Å²) in [5.41, 5.74) is -2.11. The summed E-state index contributed by atoms with van der Waals surface area (Å²) in [4.78, 5) is 31.0. The molecule has 14 heteroatoms. The maximum atomic E-state index is 13.4. The van der Waals surface area contributed by atoms with Crippen LogP contribution >= 0.6 is 0 Å². The lowest BCUT2D eigenvalue weighted by Gasteiger charge is -2.27. The summed E-state index contributed by atoms with van der Waals surface area (Å²) in [6.45, 7) is 3.65. The van der Waals surface area contributed by atoms with Crippen LogP contribution in [-0.4, -0.2) is 67.4 Å². The van der Waals surface area contributed by atoms with Crippen LogP contribution in [0.2, 0.25) is 0 Å². The largest absolute Gasteiger partial charge is 0.378 e. The van der Waals surface area contributed by atoms with Gasteiger partial charge >= 0.3 is 0 Å². The van der Waals surface area contributed by atoms with Gasteiger partial charge in [-0.25, -0.2) is 27.1 Å². The molecule has 1 saturated heterocycles. The minimum Gasteiger partial charge on any atom is -0.378 e. The predicted molar refractivity (Wildman–Crippen MR) is 105 cm³/mol. The van der Waals surface area contributed by atoms with Crippen LogP contribution in [0, 0.1) is 0 Å². The number of hydrogen-bond acceptors (Lipinski definition) is 6. The maximum absolute atomic E-state index is 13.4. The number of amides is 2. The van der Waals surface area contributed by atoms with Gasteiger partial charge in [-0.3, -0.25) is 14.3 Å². The highest BCUT2D eigenvalue weighted by Gasteiger charge is 2.27. The average Bonchev–Trinajstić information content (AvgIpc) is 3.42. The van der Waals surface area contributed by atoms with Gasteiger partial charge < -0.3 is 15.0 Å². The zero-order valence-electron chi connectivity index (χ0n) is 17.3. The van der Waals surface area contributed by atoms with Crippen molar-refractivity contribution in [3.05, 3.63) is 41.1 Å². The fourth-order valence-corrected chi connectivity index (χ4v) is 3.44. The molecule has 3 aromatic rings. The molecule has 0 spiro atoms. The lowest BCUT2D eigenvalue weighted by molar-refractivity contribution is 0.0295. The van der Waals surface area contributed by atoms with Crippen molar-refractivity contribution in [3.63, 3.8) is 0 Å². The van der Waals surface area contributed by atoms with Gasteiger partial charge in [-0.2, -0.15) is 10.2 Å². The van der Waals surface area contributed by atoms with Crippen molar-refractivity contribution in [2.45, 2.75) is 26.3 Å². The van der Waals surface area contributed by atoms with E-state index in [1.165, 1.54) is 10.9 Å². The molecule has 1 aliphatic heterocycles. The van der Waals surface area contributed by atoms with E-state index in [1.807, 2.05) is 0 Å². The Kier molecular flexibility index (Phi) is 6.26. The molecule has 3 aromatic heterocycles. The van der Waals surface area contributed by atoms with Gasteiger partial charge in [0.2, 0.25) is 0 Å². The normalized spacial score (nSPS) is 14.5. The Labute approximate surface area is 184 Å². The highest BCUT2D eigenvalue weighted by atomic mass is 19.3. The van der Waals surface area contributed by atoms with Crippen LogP contribution in [0.5, 0.6) is 0 Å². The summed E-state index contributed by atoms with van der Waals surface area (Å²) in [6, 6.07) is 1.56. The molecule has 1 aliphatic rings. The molecule has 0 aromatic carbocycles. The molecule has 4 rings (SSSR count). The second kappa shape index (κ2) is 9.13. The SMILES string of the molecule is CCn1ncc(NC(=O)c2cc3nc(C(F)F)cc(C(F)F)n3n2)c1C(=O)N1CCOCC1.